The lowest BCUT2D eigenvalue weighted by Gasteiger charge is -2.09. The van der Waals surface area contributed by atoms with Gasteiger partial charge < -0.3 is 5.32 Å². The van der Waals surface area contributed by atoms with Crippen molar-refractivity contribution in [2.75, 3.05) is 0 Å². The number of carbonyl (C=O) groups is 1. The predicted molar refractivity (Wildman–Crippen MR) is 106 cm³/mol. The molecule has 27 heavy (non-hydrogen) atoms. The minimum Gasteiger partial charge on any atom is -0.348 e. The summed E-state index contributed by atoms with van der Waals surface area (Å²) < 4.78 is 1.82. The van der Waals surface area contributed by atoms with Crippen molar-refractivity contribution in [3.63, 3.8) is 0 Å². The van der Waals surface area contributed by atoms with Crippen molar-refractivity contribution in [3.8, 4) is 11.3 Å². The number of carbonyl (C=O) groups excluding carboxylic acids is 1. The number of benzene rings is 2. The molecule has 0 aliphatic carbocycles. The standard InChI is InChI=1S/C22H20N4O/c1-2-26-21-19(15-24-26)18(13-20(25-21)17-11-7-4-8-12-17)22(27)23-14-16-9-5-3-6-10-16/h3-13,15H,2,14H2,1H3,(H,23,27). The number of nitrogens with one attached hydrogen (secondary N) is 1. The maximum Gasteiger partial charge on any atom is 0.252 e. The lowest BCUT2D eigenvalue weighted by atomic mass is 10.1. The van der Waals surface area contributed by atoms with Crippen LogP contribution in [-0.2, 0) is 13.1 Å². The van der Waals surface area contributed by atoms with Gasteiger partial charge in [0, 0.05) is 18.7 Å². The van der Waals surface area contributed by atoms with E-state index in [0.29, 0.717) is 18.7 Å². The average Bonchev–Trinajstić information content (AvgIpc) is 3.16. The van der Waals surface area contributed by atoms with E-state index < -0.39 is 0 Å². The van der Waals surface area contributed by atoms with Crippen LogP contribution >= 0.6 is 0 Å². The van der Waals surface area contributed by atoms with E-state index in [1.165, 1.54) is 0 Å². The van der Waals surface area contributed by atoms with Gasteiger partial charge in [-0.05, 0) is 18.6 Å². The van der Waals surface area contributed by atoms with E-state index in [9.17, 15) is 4.79 Å². The Balaban J connectivity index is 1.74. The fourth-order valence-corrected chi connectivity index (χ4v) is 3.10. The van der Waals surface area contributed by atoms with E-state index in [1.807, 2.05) is 78.3 Å². The molecule has 2 heterocycles. The maximum atomic E-state index is 12.9. The van der Waals surface area contributed by atoms with Crippen LogP contribution in [0.1, 0.15) is 22.8 Å². The molecular formula is C22H20N4O. The van der Waals surface area contributed by atoms with E-state index in [4.69, 9.17) is 4.98 Å². The van der Waals surface area contributed by atoms with Gasteiger partial charge in [0.1, 0.15) is 0 Å². The van der Waals surface area contributed by atoms with Gasteiger partial charge in [0.25, 0.3) is 5.91 Å². The third-order valence-electron chi connectivity index (χ3n) is 4.52. The van der Waals surface area contributed by atoms with Gasteiger partial charge in [-0.3, -0.25) is 4.79 Å². The predicted octanol–water partition coefficient (Wildman–Crippen LogP) is 4.05. The molecule has 0 aliphatic rings. The van der Waals surface area contributed by atoms with Gasteiger partial charge in [0.2, 0.25) is 0 Å². The quantitative estimate of drug-likeness (QED) is 0.587. The average molecular weight is 356 g/mol. The first-order chi connectivity index (χ1) is 13.3. The molecule has 4 aromatic rings. The first-order valence-corrected chi connectivity index (χ1v) is 9.00. The first kappa shape index (κ1) is 17.0. The summed E-state index contributed by atoms with van der Waals surface area (Å²) in [5.74, 6) is -0.126. The second-order valence-electron chi connectivity index (χ2n) is 6.29. The molecule has 0 fully saturated rings. The zero-order valence-electron chi connectivity index (χ0n) is 15.1. The SMILES string of the molecule is CCn1ncc2c(C(=O)NCc3ccccc3)cc(-c3ccccc3)nc21. The molecule has 4 rings (SSSR count). The third-order valence-corrected chi connectivity index (χ3v) is 4.52. The molecule has 1 amide bonds. The molecule has 5 nitrogen and oxygen atoms in total. The van der Waals surface area contributed by atoms with Crippen molar-refractivity contribution in [1.82, 2.24) is 20.1 Å². The number of pyridine rings is 1. The molecule has 5 heteroatoms. The maximum absolute atomic E-state index is 12.9. The van der Waals surface area contributed by atoms with E-state index >= 15 is 0 Å². The van der Waals surface area contributed by atoms with Crippen molar-refractivity contribution < 1.29 is 4.79 Å². The van der Waals surface area contributed by atoms with Gasteiger partial charge in [0.05, 0.1) is 22.8 Å². The van der Waals surface area contributed by atoms with Crippen LogP contribution in [0.3, 0.4) is 0 Å². The van der Waals surface area contributed by atoms with Gasteiger partial charge >= 0.3 is 0 Å². The molecule has 0 saturated carbocycles. The summed E-state index contributed by atoms with van der Waals surface area (Å²) in [6.45, 7) is 3.18. The number of rotatable bonds is 5. The van der Waals surface area contributed by atoms with Crippen molar-refractivity contribution >= 4 is 16.9 Å². The van der Waals surface area contributed by atoms with Crippen molar-refractivity contribution in [1.29, 1.82) is 0 Å². The molecule has 0 aliphatic heterocycles. The molecule has 0 saturated heterocycles. The highest BCUT2D eigenvalue weighted by atomic mass is 16.1. The zero-order chi connectivity index (χ0) is 18.6. The Hall–Kier alpha value is -3.47. The molecule has 1 N–H and O–H groups in total. The number of amides is 1. The molecule has 0 radical (unpaired) electrons. The minimum absolute atomic E-state index is 0.126. The smallest absolute Gasteiger partial charge is 0.252 e. The topological polar surface area (TPSA) is 59.8 Å². The van der Waals surface area contributed by atoms with Crippen LogP contribution in [0, 0.1) is 0 Å². The molecule has 2 aromatic heterocycles. The van der Waals surface area contributed by atoms with Crippen molar-refractivity contribution in [3.05, 3.63) is 84.1 Å². The van der Waals surface area contributed by atoms with Crippen molar-refractivity contribution in [2.45, 2.75) is 20.0 Å². The molecule has 0 spiro atoms. The Kier molecular flexibility index (Phi) is 4.66. The number of aryl methyl sites for hydroxylation is 1. The van der Waals surface area contributed by atoms with E-state index in [0.717, 1.165) is 27.9 Å². The fourth-order valence-electron chi connectivity index (χ4n) is 3.10. The van der Waals surface area contributed by atoms with Crippen LogP contribution in [-0.4, -0.2) is 20.7 Å². The Morgan fingerprint density at radius 3 is 2.44 bits per heavy atom. The van der Waals surface area contributed by atoms with E-state index in [1.54, 1.807) is 6.20 Å². The molecule has 134 valence electrons. The van der Waals surface area contributed by atoms with Crippen LogP contribution in [0.5, 0.6) is 0 Å². The van der Waals surface area contributed by atoms with Gasteiger partial charge in [-0.2, -0.15) is 5.10 Å². The minimum atomic E-state index is -0.126. The highest BCUT2D eigenvalue weighted by molar-refractivity contribution is 6.06. The third kappa shape index (κ3) is 3.44. The normalized spacial score (nSPS) is 10.9. The summed E-state index contributed by atoms with van der Waals surface area (Å²) >= 11 is 0. The van der Waals surface area contributed by atoms with Crippen LogP contribution < -0.4 is 5.32 Å². The molecule has 0 atom stereocenters. The van der Waals surface area contributed by atoms with Crippen LogP contribution in [0.2, 0.25) is 0 Å². The monoisotopic (exact) mass is 356 g/mol. The number of hydrogen-bond donors (Lipinski definition) is 1. The zero-order valence-corrected chi connectivity index (χ0v) is 15.1. The summed E-state index contributed by atoms with van der Waals surface area (Å²) in [6, 6.07) is 21.6. The van der Waals surface area contributed by atoms with Gasteiger partial charge in [-0.1, -0.05) is 60.7 Å². The second kappa shape index (κ2) is 7.41. The molecule has 0 bridgehead atoms. The Bertz CT molecular complexity index is 1070. The number of fused-ring (bicyclic) bond motifs is 1. The van der Waals surface area contributed by atoms with Crippen LogP contribution in [0.25, 0.3) is 22.3 Å². The molecule has 2 aromatic carbocycles. The van der Waals surface area contributed by atoms with Crippen LogP contribution in [0.4, 0.5) is 0 Å². The Morgan fingerprint density at radius 2 is 1.74 bits per heavy atom. The number of nitrogens with zero attached hydrogens (tertiary/aromatic N) is 3. The largest absolute Gasteiger partial charge is 0.348 e. The number of aromatic nitrogens is 3. The van der Waals surface area contributed by atoms with E-state index in [2.05, 4.69) is 10.4 Å². The lowest BCUT2D eigenvalue weighted by Crippen LogP contribution is -2.23. The number of hydrogen-bond acceptors (Lipinski definition) is 3. The van der Waals surface area contributed by atoms with Gasteiger partial charge in [0.15, 0.2) is 5.65 Å². The Morgan fingerprint density at radius 1 is 1.04 bits per heavy atom. The fraction of sp³-hybridized carbons (Fsp3) is 0.136. The lowest BCUT2D eigenvalue weighted by molar-refractivity contribution is 0.0952. The second-order valence-corrected chi connectivity index (χ2v) is 6.29. The summed E-state index contributed by atoms with van der Waals surface area (Å²) in [5.41, 5.74) is 4.12. The highest BCUT2D eigenvalue weighted by Crippen LogP contribution is 2.25. The molecular weight excluding hydrogens is 336 g/mol. The molecule has 0 unspecified atom stereocenters. The van der Waals surface area contributed by atoms with Gasteiger partial charge in [-0.15, -0.1) is 0 Å². The van der Waals surface area contributed by atoms with Gasteiger partial charge in [-0.25, -0.2) is 9.67 Å². The van der Waals surface area contributed by atoms with E-state index in [-0.39, 0.29) is 5.91 Å². The summed E-state index contributed by atoms with van der Waals surface area (Å²) in [4.78, 5) is 17.7. The van der Waals surface area contributed by atoms with Crippen molar-refractivity contribution in [2.24, 2.45) is 0 Å². The Labute approximate surface area is 157 Å². The highest BCUT2D eigenvalue weighted by Gasteiger charge is 2.17. The van der Waals surface area contributed by atoms with Crippen LogP contribution in [0.15, 0.2) is 72.9 Å². The first-order valence-electron chi connectivity index (χ1n) is 9.00. The summed E-state index contributed by atoms with van der Waals surface area (Å²) in [6.07, 6.45) is 1.72. The summed E-state index contributed by atoms with van der Waals surface area (Å²) in [7, 11) is 0. The summed E-state index contributed by atoms with van der Waals surface area (Å²) in [5, 5.41) is 8.16.